The van der Waals surface area contributed by atoms with Gasteiger partial charge in [-0.25, -0.2) is 13.2 Å². The average Bonchev–Trinajstić information content (AvgIpc) is 2.89. The van der Waals surface area contributed by atoms with Gasteiger partial charge in [0.15, 0.2) is 0 Å². The Morgan fingerprint density at radius 3 is 2.68 bits per heavy atom. The number of carbonyl (C=O) groups is 1. The van der Waals surface area contributed by atoms with Crippen molar-refractivity contribution in [2.24, 2.45) is 5.41 Å². The van der Waals surface area contributed by atoms with Crippen LogP contribution in [0.3, 0.4) is 0 Å². The third-order valence-corrected chi connectivity index (χ3v) is 7.51. The summed E-state index contributed by atoms with van der Waals surface area (Å²) >= 11 is 6.36. The molecule has 3 aromatic rings. The molecule has 1 unspecified atom stereocenters. The highest BCUT2D eigenvalue weighted by molar-refractivity contribution is 6.32. The van der Waals surface area contributed by atoms with Crippen molar-refractivity contribution < 1.29 is 27.8 Å². The summed E-state index contributed by atoms with van der Waals surface area (Å²) in [6, 6.07) is 8.45. The van der Waals surface area contributed by atoms with Crippen LogP contribution in [-0.2, 0) is 4.79 Å². The number of alkyl halides is 1. The lowest BCUT2D eigenvalue weighted by Gasteiger charge is -2.41. The summed E-state index contributed by atoms with van der Waals surface area (Å²) in [5.74, 6) is 3.91. The van der Waals surface area contributed by atoms with Crippen LogP contribution < -0.4 is 4.74 Å². The van der Waals surface area contributed by atoms with Gasteiger partial charge in [-0.3, -0.25) is 14.7 Å². The molecule has 1 saturated heterocycles. The number of pyridine rings is 1. The number of aromatic nitrogens is 1. The predicted octanol–water partition coefficient (Wildman–Crippen LogP) is 6.57. The molecular weight excluding hydrogens is 517 g/mol. The molecule has 0 saturated carbocycles. The SMILES string of the molecule is COc1ccc2ncc(Cl)c(C(F)CCC3(CC(=O)O)CCN(CC#Cc4ccc(F)cc4F)CC3)c2c1. The van der Waals surface area contributed by atoms with Crippen molar-refractivity contribution in [1.29, 1.82) is 0 Å². The van der Waals surface area contributed by atoms with Crippen LogP contribution in [0.5, 0.6) is 5.75 Å². The number of likely N-dealkylation sites (tertiary alicyclic amines) is 1. The van der Waals surface area contributed by atoms with Crippen LogP contribution in [0.25, 0.3) is 10.9 Å². The van der Waals surface area contributed by atoms with Gasteiger partial charge < -0.3 is 9.84 Å². The van der Waals surface area contributed by atoms with Crippen LogP contribution in [0.4, 0.5) is 13.2 Å². The highest BCUT2D eigenvalue weighted by Gasteiger charge is 2.37. The van der Waals surface area contributed by atoms with E-state index in [4.69, 9.17) is 16.3 Å². The molecule has 0 aliphatic carbocycles. The third-order valence-electron chi connectivity index (χ3n) is 7.21. The summed E-state index contributed by atoms with van der Waals surface area (Å²) in [4.78, 5) is 18.1. The Bertz CT molecular complexity index is 1380. The molecule has 0 radical (unpaired) electrons. The van der Waals surface area contributed by atoms with Crippen molar-refractivity contribution in [3.8, 4) is 17.6 Å². The number of piperidine rings is 1. The molecular formula is C29H28ClF3N2O3. The molecule has 1 aliphatic heterocycles. The number of halogens is 4. The molecule has 1 fully saturated rings. The smallest absolute Gasteiger partial charge is 0.303 e. The maximum Gasteiger partial charge on any atom is 0.303 e. The van der Waals surface area contributed by atoms with Gasteiger partial charge in [-0.2, -0.15) is 0 Å². The molecule has 1 N–H and O–H groups in total. The van der Waals surface area contributed by atoms with Crippen LogP contribution in [0, 0.1) is 28.9 Å². The van der Waals surface area contributed by atoms with Gasteiger partial charge in [0.25, 0.3) is 0 Å². The largest absolute Gasteiger partial charge is 0.497 e. The van der Waals surface area contributed by atoms with Crippen molar-refractivity contribution in [3.63, 3.8) is 0 Å². The summed E-state index contributed by atoms with van der Waals surface area (Å²) in [5.41, 5.74) is 0.498. The Kier molecular flexibility index (Phi) is 8.80. The van der Waals surface area contributed by atoms with E-state index in [1.807, 2.05) is 0 Å². The number of hydrogen-bond donors (Lipinski definition) is 1. The number of carboxylic acids is 1. The fourth-order valence-corrected chi connectivity index (χ4v) is 5.32. The normalized spacial score (nSPS) is 16.0. The van der Waals surface area contributed by atoms with Crippen LogP contribution in [0.1, 0.15) is 49.4 Å². The topological polar surface area (TPSA) is 62.7 Å². The fourth-order valence-electron chi connectivity index (χ4n) is 5.05. The Balaban J connectivity index is 1.43. The van der Waals surface area contributed by atoms with E-state index in [-0.39, 0.29) is 23.4 Å². The molecule has 200 valence electrons. The lowest BCUT2D eigenvalue weighted by molar-refractivity contribution is -0.141. The van der Waals surface area contributed by atoms with E-state index in [2.05, 4.69) is 21.7 Å². The van der Waals surface area contributed by atoms with E-state index in [9.17, 15) is 18.7 Å². The van der Waals surface area contributed by atoms with E-state index in [1.54, 1.807) is 18.2 Å². The van der Waals surface area contributed by atoms with Gasteiger partial charge >= 0.3 is 5.97 Å². The zero-order valence-corrected chi connectivity index (χ0v) is 21.7. The molecule has 0 spiro atoms. The quantitative estimate of drug-likeness (QED) is 0.325. The zero-order chi connectivity index (χ0) is 27.3. The highest BCUT2D eigenvalue weighted by Crippen LogP contribution is 2.44. The second-order valence-electron chi connectivity index (χ2n) is 9.68. The lowest BCUT2D eigenvalue weighted by atomic mass is 9.71. The van der Waals surface area contributed by atoms with Gasteiger partial charge in [0.05, 0.1) is 36.2 Å². The van der Waals surface area contributed by atoms with Crippen molar-refractivity contribution in [2.45, 2.75) is 38.3 Å². The van der Waals surface area contributed by atoms with Gasteiger partial charge in [0.1, 0.15) is 23.6 Å². The first kappa shape index (κ1) is 27.7. The number of benzene rings is 2. The highest BCUT2D eigenvalue weighted by atomic mass is 35.5. The average molecular weight is 545 g/mol. The van der Waals surface area contributed by atoms with Gasteiger partial charge in [0, 0.05) is 23.2 Å². The molecule has 5 nitrogen and oxygen atoms in total. The third kappa shape index (κ3) is 6.58. The summed E-state index contributed by atoms with van der Waals surface area (Å²) in [7, 11) is 1.53. The van der Waals surface area contributed by atoms with Gasteiger partial charge in [-0.1, -0.05) is 23.4 Å². The minimum Gasteiger partial charge on any atom is -0.497 e. The molecule has 2 heterocycles. The molecule has 2 aromatic carbocycles. The van der Waals surface area contributed by atoms with Crippen molar-refractivity contribution in [3.05, 3.63) is 70.4 Å². The minimum absolute atomic E-state index is 0.0569. The van der Waals surface area contributed by atoms with Gasteiger partial charge in [-0.15, -0.1) is 0 Å². The molecule has 1 atom stereocenters. The summed E-state index contributed by atoms with van der Waals surface area (Å²) in [6.07, 6.45) is 1.61. The Hall–Kier alpha value is -3.28. The second-order valence-corrected chi connectivity index (χ2v) is 10.1. The van der Waals surface area contributed by atoms with Crippen molar-refractivity contribution >= 4 is 28.5 Å². The first-order chi connectivity index (χ1) is 18.2. The maximum absolute atomic E-state index is 15.7. The number of carboxylic acid groups (broad SMARTS) is 1. The van der Waals surface area contributed by atoms with E-state index in [1.165, 1.54) is 19.4 Å². The number of fused-ring (bicyclic) bond motifs is 1. The Labute approximate surface area is 224 Å². The first-order valence-electron chi connectivity index (χ1n) is 12.3. The Morgan fingerprint density at radius 2 is 2.00 bits per heavy atom. The van der Waals surface area contributed by atoms with E-state index in [0.29, 0.717) is 61.1 Å². The molecule has 4 rings (SSSR count). The van der Waals surface area contributed by atoms with E-state index in [0.717, 1.165) is 12.1 Å². The summed E-state index contributed by atoms with van der Waals surface area (Å²) in [6.45, 7) is 1.54. The molecule has 0 bridgehead atoms. The maximum atomic E-state index is 15.7. The molecule has 38 heavy (non-hydrogen) atoms. The standard InChI is InChI=1S/C29H28ClF3N2O3/c1-38-21-6-7-26-22(16-21)28(23(30)18-34-26)24(32)8-9-29(17-27(36)37)10-13-35(14-11-29)12-2-3-19-4-5-20(31)15-25(19)33/h4-7,15-16,18,24H,8-14,17H2,1H3,(H,36,37). The summed E-state index contributed by atoms with van der Waals surface area (Å²) < 4.78 is 47.9. The second kappa shape index (κ2) is 12.1. The predicted molar refractivity (Wildman–Crippen MR) is 140 cm³/mol. The Morgan fingerprint density at radius 1 is 1.24 bits per heavy atom. The van der Waals surface area contributed by atoms with E-state index < -0.39 is 29.2 Å². The lowest BCUT2D eigenvalue weighted by Crippen LogP contribution is -2.41. The number of methoxy groups -OCH3 is 1. The molecule has 9 heteroatoms. The van der Waals surface area contributed by atoms with Crippen LogP contribution in [-0.4, -0.2) is 47.7 Å². The van der Waals surface area contributed by atoms with Gasteiger partial charge in [0.2, 0.25) is 0 Å². The van der Waals surface area contributed by atoms with Crippen LogP contribution in [0.15, 0.2) is 42.6 Å². The van der Waals surface area contributed by atoms with Crippen LogP contribution >= 0.6 is 11.6 Å². The van der Waals surface area contributed by atoms with Gasteiger partial charge in [-0.05, 0) is 74.5 Å². The molecule has 1 aliphatic rings. The van der Waals surface area contributed by atoms with Crippen molar-refractivity contribution in [1.82, 2.24) is 9.88 Å². The number of nitrogens with zero attached hydrogens (tertiary/aromatic N) is 2. The number of aliphatic carboxylic acids is 1. The number of ether oxygens (including phenoxy) is 1. The number of hydrogen-bond acceptors (Lipinski definition) is 4. The zero-order valence-electron chi connectivity index (χ0n) is 20.9. The monoisotopic (exact) mass is 544 g/mol. The first-order valence-corrected chi connectivity index (χ1v) is 12.7. The fraction of sp³-hybridized carbons (Fsp3) is 0.379. The minimum atomic E-state index is -1.40. The summed E-state index contributed by atoms with van der Waals surface area (Å²) in [5, 5.41) is 10.4. The molecule has 0 amide bonds. The van der Waals surface area contributed by atoms with E-state index >= 15 is 4.39 Å². The van der Waals surface area contributed by atoms with Crippen molar-refractivity contribution in [2.75, 3.05) is 26.7 Å². The molecule has 1 aromatic heterocycles. The van der Waals surface area contributed by atoms with Crippen LogP contribution in [0.2, 0.25) is 5.02 Å². The number of rotatable bonds is 8.